The first-order valence-electron chi connectivity index (χ1n) is 5.37. The lowest BCUT2D eigenvalue weighted by Crippen LogP contribution is -1.92. The Kier molecular flexibility index (Phi) is 2.77. The van der Waals surface area contributed by atoms with Crippen LogP contribution >= 0.6 is 11.3 Å². The molecule has 0 unspecified atom stereocenters. The second-order valence-corrected chi connectivity index (χ2v) is 4.72. The predicted molar refractivity (Wildman–Crippen MR) is 68.7 cm³/mol. The van der Waals surface area contributed by atoms with Gasteiger partial charge < -0.3 is 5.11 Å². The quantitative estimate of drug-likeness (QED) is 0.770. The van der Waals surface area contributed by atoms with Crippen molar-refractivity contribution in [2.45, 2.75) is 6.61 Å². The standard InChI is InChI=1S/C13H9FN2OS/c14-11-2-1-8(5-9(11)6-17)12-10-3-4-18-13(10)16-7-15-12/h1-5,7,17H,6H2. The molecule has 3 aromatic rings. The number of benzene rings is 1. The maximum absolute atomic E-state index is 13.3. The molecule has 0 atom stereocenters. The zero-order valence-corrected chi connectivity index (χ0v) is 10.1. The van der Waals surface area contributed by atoms with Crippen molar-refractivity contribution in [1.29, 1.82) is 0 Å². The first-order chi connectivity index (χ1) is 8.79. The van der Waals surface area contributed by atoms with Crippen LogP contribution in [0.15, 0.2) is 36.0 Å². The van der Waals surface area contributed by atoms with Gasteiger partial charge in [0.25, 0.3) is 0 Å². The second-order valence-electron chi connectivity index (χ2n) is 3.83. The maximum Gasteiger partial charge on any atom is 0.128 e. The van der Waals surface area contributed by atoms with E-state index in [4.69, 9.17) is 5.11 Å². The molecule has 2 heterocycles. The lowest BCUT2D eigenvalue weighted by molar-refractivity contribution is 0.276. The summed E-state index contributed by atoms with van der Waals surface area (Å²) in [6, 6.07) is 6.57. The SMILES string of the molecule is OCc1cc(-c2ncnc3sccc23)ccc1F. The smallest absolute Gasteiger partial charge is 0.128 e. The Bertz CT molecular complexity index is 711. The summed E-state index contributed by atoms with van der Waals surface area (Å²) in [4.78, 5) is 9.32. The molecule has 18 heavy (non-hydrogen) atoms. The molecule has 0 aliphatic heterocycles. The molecule has 3 rings (SSSR count). The summed E-state index contributed by atoms with van der Waals surface area (Å²) >= 11 is 1.53. The molecule has 0 aliphatic rings. The third-order valence-corrected chi connectivity index (χ3v) is 3.57. The topological polar surface area (TPSA) is 46.0 Å². The summed E-state index contributed by atoms with van der Waals surface area (Å²) in [5, 5.41) is 12.0. The summed E-state index contributed by atoms with van der Waals surface area (Å²) in [7, 11) is 0. The van der Waals surface area contributed by atoms with Gasteiger partial charge in [-0.05, 0) is 29.6 Å². The number of thiophene rings is 1. The van der Waals surface area contributed by atoms with Crippen LogP contribution in [0, 0.1) is 5.82 Å². The molecule has 0 fully saturated rings. The second kappa shape index (κ2) is 4.44. The molecule has 0 aliphatic carbocycles. The van der Waals surface area contributed by atoms with Gasteiger partial charge in [-0.25, -0.2) is 14.4 Å². The lowest BCUT2D eigenvalue weighted by Gasteiger charge is -2.05. The summed E-state index contributed by atoms with van der Waals surface area (Å²) in [6.45, 7) is -0.322. The van der Waals surface area contributed by atoms with Crippen molar-refractivity contribution in [2.24, 2.45) is 0 Å². The van der Waals surface area contributed by atoms with Crippen LogP contribution in [-0.4, -0.2) is 15.1 Å². The van der Waals surface area contributed by atoms with Crippen LogP contribution in [0.4, 0.5) is 4.39 Å². The van der Waals surface area contributed by atoms with Crippen molar-refractivity contribution < 1.29 is 9.50 Å². The number of aliphatic hydroxyl groups is 1. The maximum atomic E-state index is 13.3. The Morgan fingerprint density at radius 2 is 2.11 bits per heavy atom. The normalized spacial score (nSPS) is 11.0. The number of hydrogen-bond donors (Lipinski definition) is 1. The van der Waals surface area contributed by atoms with E-state index in [-0.39, 0.29) is 12.2 Å². The molecule has 1 N–H and O–H groups in total. The van der Waals surface area contributed by atoms with Crippen LogP contribution in [0.3, 0.4) is 0 Å². The number of fused-ring (bicyclic) bond motifs is 1. The van der Waals surface area contributed by atoms with E-state index in [1.165, 1.54) is 23.7 Å². The minimum Gasteiger partial charge on any atom is -0.392 e. The Balaban J connectivity index is 2.23. The molecule has 5 heteroatoms. The minimum absolute atomic E-state index is 0.273. The van der Waals surface area contributed by atoms with Crippen LogP contribution in [0.5, 0.6) is 0 Å². The monoisotopic (exact) mass is 260 g/mol. The van der Waals surface area contributed by atoms with E-state index in [0.717, 1.165) is 21.5 Å². The van der Waals surface area contributed by atoms with Crippen LogP contribution in [0.2, 0.25) is 0 Å². The van der Waals surface area contributed by atoms with Gasteiger partial charge in [-0.2, -0.15) is 0 Å². The number of nitrogens with zero attached hydrogens (tertiary/aromatic N) is 2. The largest absolute Gasteiger partial charge is 0.392 e. The number of rotatable bonds is 2. The van der Waals surface area contributed by atoms with Gasteiger partial charge in [0.2, 0.25) is 0 Å². The van der Waals surface area contributed by atoms with Gasteiger partial charge in [-0.1, -0.05) is 0 Å². The van der Waals surface area contributed by atoms with E-state index in [1.54, 1.807) is 12.1 Å². The summed E-state index contributed by atoms with van der Waals surface area (Å²) in [5.41, 5.74) is 1.82. The summed E-state index contributed by atoms with van der Waals surface area (Å²) < 4.78 is 13.3. The highest BCUT2D eigenvalue weighted by atomic mass is 32.1. The molecule has 0 spiro atoms. The van der Waals surface area contributed by atoms with Crippen molar-refractivity contribution in [3.63, 3.8) is 0 Å². The number of hydrogen-bond acceptors (Lipinski definition) is 4. The number of halogens is 1. The van der Waals surface area contributed by atoms with Gasteiger partial charge in [0.15, 0.2) is 0 Å². The summed E-state index contributed by atoms with van der Waals surface area (Å²) in [5.74, 6) is -0.406. The van der Waals surface area contributed by atoms with Crippen molar-refractivity contribution in [2.75, 3.05) is 0 Å². The number of aliphatic hydroxyl groups excluding tert-OH is 1. The highest BCUT2D eigenvalue weighted by Crippen LogP contribution is 2.29. The fraction of sp³-hybridized carbons (Fsp3) is 0.0769. The van der Waals surface area contributed by atoms with E-state index < -0.39 is 5.82 Å². The Morgan fingerprint density at radius 3 is 2.94 bits per heavy atom. The van der Waals surface area contributed by atoms with E-state index in [1.807, 2.05) is 11.4 Å². The fourth-order valence-electron chi connectivity index (χ4n) is 1.86. The molecule has 3 nitrogen and oxygen atoms in total. The average Bonchev–Trinajstić information content (AvgIpc) is 2.87. The van der Waals surface area contributed by atoms with Gasteiger partial charge >= 0.3 is 0 Å². The Morgan fingerprint density at radius 1 is 1.22 bits per heavy atom. The minimum atomic E-state index is -0.406. The Labute approximate surface area is 107 Å². The molecule has 0 radical (unpaired) electrons. The highest BCUT2D eigenvalue weighted by Gasteiger charge is 2.09. The molecular weight excluding hydrogens is 251 g/mol. The van der Waals surface area contributed by atoms with Crippen LogP contribution in [0.1, 0.15) is 5.56 Å². The molecule has 0 amide bonds. The predicted octanol–water partition coefficient (Wildman–Crippen LogP) is 2.99. The van der Waals surface area contributed by atoms with Crippen LogP contribution in [0.25, 0.3) is 21.5 Å². The van der Waals surface area contributed by atoms with E-state index in [9.17, 15) is 4.39 Å². The third kappa shape index (κ3) is 1.77. The molecule has 0 saturated heterocycles. The van der Waals surface area contributed by atoms with Crippen LogP contribution in [-0.2, 0) is 6.61 Å². The van der Waals surface area contributed by atoms with Gasteiger partial charge in [0, 0.05) is 16.5 Å². The molecular formula is C13H9FN2OS. The number of aromatic nitrogens is 2. The van der Waals surface area contributed by atoms with Crippen molar-refractivity contribution >= 4 is 21.6 Å². The third-order valence-electron chi connectivity index (χ3n) is 2.75. The van der Waals surface area contributed by atoms with E-state index in [0.29, 0.717) is 0 Å². The first-order valence-corrected chi connectivity index (χ1v) is 6.25. The van der Waals surface area contributed by atoms with E-state index >= 15 is 0 Å². The average molecular weight is 260 g/mol. The zero-order valence-electron chi connectivity index (χ0n) is 9.30. The molecule has 0 bridgehead atoms. The lowest BCUT2D eigenvalue weighted by atomic mass is 10.1. The highest BCUT2D eigenvalue weighted by molar-refractivity contribution is 7.16. The van der Waals surface area contributed by atoms with Crippen molar-refractivity contribution in [1.82, 2.24) is 9.97 Å². The fourth-order valence-corrected chi connectivity index (χ4v) is 2.60. The van der Waals surface area contributed by atoms with Crippen LogP contribution < -0.4 is 0 Å². The summed E-state index contributed by atoms with van der Waals surface area (Å²) in [6.07, 6.45) is 1.50. The molecule has 90 valence electrons. The van der Waals surface area contributed by atoms with Crippen molar-refractivity contribution in [3.05, 3.63) is 47.4 Å². The van der Waals surface area contributed by atoms with Gasteiger partial charge in [-0.3, -0.25) is 0 Å². The molecule has 1 aromatic carbocycles. The Hall–Kier alpha value is -1.85. The van der Waals surface area contributed by atoms with Gasteiger partial charge in [0.05, 0.1) is 12.3 Å². The van der Waals surface area contributed by atoms with Crippen molar-refractivity contribution in [3.8, 4) is 11.3 Å². The van der Waals surface area contributed by atoms with E-state index in [2.05, 4.69) is 9.97 Å². The zero-order chi connectivity index (χ0) is 12.5. The first kappa shape index (κ1) is 11.3. The van der Waals surface area contributed by atoms with Gasteiger partial charge in [0.1, 0.15) is 17.0 Å². The molecule has 2 aromatic heterocycles. The van der Waals surface area contributed by atoms with Gasteiger partial charge in [-0.15, -0.1) is 11.3 Å². The molecule has 0 saturated carbocycles.